The molecule has 3 rings (SSSR count). The molecule has 124 valence electrons. The van der Waals surface area contributed by atoms with Crippen LogP contribution in [0.3, 0.4) is 0 Å². The Bertz CT molecular complexity index is 673. The summed E-state index contributed by atoms with van der Waals surface area (Å²) >= 11 is 5.16. The first kappa shape index (κ1) is 16.6. The molecular formula is C15H19BrN4O2S. The second kappa shape index (κ2) is 7.55. The molecule has 2 heterocycles. The molecule has 0 N–H and O–H groups in total. The maximum absolute atomic E-state index is 5.42. The maximum atomic E-state index is 5.42. The Morgan fingerprint density at radius 3 is 2.83 bits per heavy atom. The number of aromatic nitrogens is 3. The number of methoxy groups -OCH3 is 1. The zero-order chi connectivity index (χ0) is 16.2. The summed E-state index contributed by atoms with van der Waals surface area (Å²) in [6, 6.07) is 6.02. The number of halogens is 1. The van der Waals surface area contributed by atoms with Gasteiger partial charge in [-0.2, -0.15) is 0 Å². The number of morpholine rings is 1. The molecule has 6 nitrogen and oxygen atoms in total. The van der Waals surface area contributed by atoms with Gasteiger partial charge < -0.3 is 14.4 Å². The standard InChI is InChI=1S/C15H19BrN4O2S/c1-19-14(20-5-7-22-8-6-20)17-18-15(19)23-10-11-9-12(16)3-4-13(11)21-2/h3-4,9H,5-8,10H2,1-2H3. The van der Waals surface area contributed by atoms with Gasteiger partial charge in [0, 0.05) is 35.9 Å². The van der Waals surface area contributed by atoms with Crippen LogP contribution in [0.4, 0.5) is 5.95 Å². The van der Waals surface area contributed by atoms with Gasteiger partial charge in [0.1, 0.15) is 5.75 Å². The number of benzene rings is 1. The van der Waals surface area contributed by atoms with Gasteiger partial charge in [-0.1, -0.05) is 27.7 Å². The van der Waals surface area contributed by atoms with E-state index < -0.39 is 0 Å². The Kier molecular flexibility index (Phi) is 5.45. The molecule has 0 unspecified atom stereocenters. The van der Waals surface area contributed by atoms with Crippen LogP contribution < -0.4 is 9.64 Å². The minimum Gasteiger partial charge on any atom is -0.496 e. The highest BCUT2D eigenvalue weighted by Crippen LogP contribution is 2.30. The highest BCUT2D eigenvalue weighted by Gasteiger charge is 2.18. The van der Waals surface area contributed by atoms with Gasteiger partial charge in [0.2, 0.25) is 5.95 Å². The van der Waals surface area contributed by atoms with E-state index in [1.54, 1.807) is 18.9 Å². The summed E-state index contributed by atoms with van der Waals surface area (Å²) in [5, 5.41) is 9.56. The Hall–Kier alpha value is -1.25. The molecule has 1 aromatic heterocycles. The Balaban J connectivity index is 1.71. The van der Waals surface area contributed by atoms with Gasteiger partial charge >= 0.3 is 0 Å². The van der Waals surface area contributed by atoms with Gasteiger partial charge in [0.15, 0.2) is 5.16 Å². The molecule has 1 saturated heterocycles. The van der Waals surface area contributed by atoms with E-state index >= 15 is 0 Å². The first-order valence-corrected chi connectivity index (χ1v) is 9.14. The molecule has 0 spiro atoms. The SMILES string of the molecule is COc1ccc(Br)cc1CSc1nnc(N2CCOCC2)n1C. The third-order valence-corrected chi connectivity index (χ3v) is 5.27. The third kappa shape index (κ3) is 3.81. The first-order valence-electron chi connectivity index (χ1n) is 7.36. The second-order valence-electron chi connectivity index (χ2n) is 5.19. The van der Waals surface area contributed by atoms with Crippen molar-refractivity contribution in [3.63, 3.8) is 0 Å². The van der Waals surface area contributed by atoms with Crippen LogP contribution in [0.25, 0.3) is 0 Å². The van der Waals surface area contributed by atoms with Crippen LogP contribution in [-0.2, 0) is 17.5 Å². The number of hydrogen-bond acceptors (Lipinski definition) is 6. The minimum atomic E-state index is 0.741. The number of rotatable bonds is 5. The molecule has 1 fully saturated rings. The summed E-state index contributed by atoms with van der Waals surface area (Å²) in [7, 11) is 3.70. The lowest BCUT2D eigenvalue weighted by Gasteiger charge is -2.27. The zero-order valence-electron chi connectivity index (χ0n) is 13.2. The molecule has 0 saturated carbocycles. The van der Waals surface area contributed by atoms with Gasteiger partial charge in [-0.3, -0.25) is 4.57 Å². The highest BCUT2D eigenvalue weighted by molar-refractivity contribution is 9.10. The van der Waals surface area contributed by atoms with E-state index in [4.69, 9.17) is 9.47 Å². The summed E-state index contributed by atoms with van der Waals surface area (Å²) in [6.45, 7) is 3.20. The zero-order valence-corrected chi connectivity index (χ0v) is 15.6. The van der Waals surface area contributed by atoms with Gasteiger partial charge in [-0.05, 0) is 18.2 Å². The topological polar surface area (TPSA) is 52.4 Å². The van der Waals surface area contributed by atoms with E-state index in [2.05, 4.69) is 37.1 Å². The van der Waals surface area contributed by atoms with Crippen LogP contribution >= 0.6 is 27.7 Å². The summed E-state index contributed by atoms with van der Waals surface area (Å²) < 4.78 is 13.9. The number of anilines is 1. The first-order chi connectivity index (χ1) is 11.2. The number of nitrogens with zero attached hydrogens (tertiary/aromatic N) is 4. The van der Waals surface area contributed by atoms with E-state index in [0.717, 1.165) is 58.9 Å². The molecule has 2 aromatic rings. The van der Waals surface area contributed by atoms with E-state index in [1.165, 1.54) is 0 Å². The predicted octanol–water partition coefficient (Wildman–Crippen LogP) is 2.72. The fourth-order valence-corrected chi connectivity index (χ4v) is 3.77. The van der Waals surface area contributed by atoms with Crippen LogP contribution in [0.1, 0.15) is 5.56 Å². The Morgan fingerprint density at radius 2 is 2.09 bits per heavy atom. The lowest BCUT2D eigenvalue weighted by molar-refractivity contribution is 0.121. The van der Waals surface area contributed by atoms with Crippen molar-refractivity contribution >= 4 is 33.6 Å². The molecule has 8 heteroatoms. The molecule has 1 aliphatic heterocycles. The van der Waals surface area contributed by atoms with E-state index in [1.807, 2.05) is 23.7 Å². The lowest BCUT2D eigenvalue weighted by Crippen LogP contribution is -2.37. The van der Waals surface area contributed by atoms with Crippen LogP contribution in [0.5, 0.6) is 5.75 Å². The Morgan fingerprint density at radius 1 is 1.30 bits per heavy atom. The van der Waals surface area contributed by atoms with Gasteiger partial charge in [0.25, 0.3) is 0 Å². The van der Waals surface area contributed by atoms with Gasteiger partial charge in [-0.25, -0.2) is 0 Å². The fraction of sp³-hybridized carbons (Fsp3) is 0.467. The van der Waals surface area contributed by atoms with Crippen molar-refractivity contribution in [2.45, 2.75) is 10.9 Å². The summed E-state index contributed by atoms with van der Waals surface area (Å²) in [6.07, 6.45) is 0. The minimum absolute atomic E-state index is 0.741. The number of thioether (sulfide) groups is 1. The highest BCUT2D eigenvalue weighted by atomic mass is 79.9. The molecule has 23 heavy (non-hydrogen) atoms. The van der Waals surface area contributed by atoms with Crippen molar-refractivity contribution in [1.82, 2.24) is 14.8 Å². The smallest absolute Gasteiger partial charge is 0.227 e. The molecule has 0 aliphatic carbocycles. The lowest BCUT2D eigenvalue weighted by atomic mass is 10.2. The van der Waals surface area contributed by atoms with Crippen molar-refractivity contribution in [3.8, 4) is 5.75 Å². The molecule has 1 aromatic carbocycles. The van der Waals surface area contributed by atoms with Gasteiger partial charge in [0.05, 0.1) is 20.3 Å². The molecule has 0 amide bonds. The monoisotopic (exact) mass is 398 g/mol. The average molecular weight is 399 g/mol. The molecule has 0 bridgehead atoms. The van der Waals surface area contributed by atoms with Crippen molar-refractivity contribution in [2.75, 3.05) is 38.3 Å². The molecule has 0 radical (unpaired) electrons. The fourth-order valence-electron chi connectivity index (χ4n) is 2.47. The molecule has 1 aliphatic rings. The molecular weight excluding hydrogens is 380 g/mol. The van der Waals surface area contributed by atoms with Crippen LogP contribution in [0, 0.1) is 0 Å². The van der Waals surface area contributed by atoms with Gasteiger partial charge in [-0.15, -0.1) is 10.2 Å². The van der Waals surface area contributed by atoms with Crippen molar-refractivity contribution in [1.29, 1.82) is 0 Å². The van der Waals surface area contributed by atoms with E-state index in [9.17, 15) is 0 Å². The van der Waals surface area contributed by atoms with Crippen LogP contribution in [-0.4, -0.2) is 48.2 Å². The van der Waals surface area contributed by atoms with Crippen molar-refractivity contribution < 1.29 is 9.47 Å². The van der Waals surface area contributed by atoms with Crippen molar-refractivity contribution in [2.24, 2.45) is 7.05 Å². The normalized spacial score (nSPS) is 15.0. The second-order valence-corrected chi connectivity index (χ2v) is 7.04. The summed E-state index contributed by atoms with van der Waals surface area (Å²) in [5.41, 5.74) is 1.13. The average Bonchev–Trinajstić information content (AvgIpc) is 2.94. The number of hydrogen-bond donors (Lipinski definition) is 0. The number of ether oxygens (including phenoxy) is 2. The Labute approximate surface area is 148 Å². The molecule has 0 atom stereocenters. The van der Waals surface area contributed by atoms with Crippen molar-refractivity contribution in [3.05, 3.63) is 28.2 Å². The van der Waals surface area contributed by atoms with E-state index in [-0.39, 0.29) is 0 Å². The summed E-state index contributed by atoms with van der Waals surface area (Å²) in [5.74, 6) is 2.56. The van der Waals surface area contributed by atoms with Crippen LogP contribution in [0.15, 0.2) is 27.8 Å². The predicted molar refractivity (Wildman–Crippen MR) is 94.3 cm³/mol. The third-order valence-electron chi connectivity index (χ3n) is 3.71. The quantitative estimate of drug-likeness (QED) is 0.721. The largest absolute Gasteiger partial charge is 0.496 e. The van der Waals surface area contributed by atoms with Crippen LogP contribution in [0.2, 0.25) is 0 Å². The van der Waals surface area contributed by atoms with E-state index in [0.29, 0.717) is 0 Å². The maximum Gasteiger partial charge on any atom is 0.227 e. The summed E-state index contributed by atoms with van der Waals surface area (Å²) in [4.78, 5) is 2.21.